The first-order valence-corrected chi connectivity index (χ1v) is 6.94. The smallest absolute Gasteiger partial charge is 0.151 e. The van der Waals surface area contributed by atoms with Gasteiger partial charge in [-0.15, -0.1) is 0 Å². The lowest BCUT2D eigenvalue weighted by Gasteiger charge is -2.17. The first kappa shape index (κ1) is 13.4. The predicted octanol–water partition coefficient (Wildman–Crippen LogP) is 3.31. The summed E-state index contributed by atoms with van der Waals surface area (Å²) in [6, 6.07) is 14.2. The maximum Gasteiger partial charge on any atom is 0.151 e. The predicted molar refractivity (Wildman–Crippen MR) is 87.6 cm³/mol. The summed E-state index contributed by atoms with van der Waals surface area (Å²) < 4.78 is 0. The molecule has 0 aliphatic heterocycles. The van der Waals surface area contributed by atoms with E-state index in [1.54, 1.807) is 0 Å². The van der Waals surface area contributed by atoms with Gasteiger partial charge in [0, 0.05) is 38.4 Å². The molecule has 21 heavy (non-hydrogen) atoms. The average molecular weight is 278 g/mol. The Morgan fingerprint density at radius 1 is 0.952 bits per heavy atom. The summed E-state index contributed by atoms with van der Waals surface area (Å²) in [7, 11) is 3.99. The van der Waals surface area contributed by atoms with Crippen molar-refractivity contribution >= 4 is 22.4 Å². The van der Waals surface area contributed by atoms with E-state index in [1.165, 1.54) is 10.9 Å². The lowest BCUT2D eigenvalue weighted by Crippen LogP contribution is -2.13. The van der Waals surface area contributed by atoms with Crippen molar-refractivity contribution in [1.82, 2.24) is 9.97 Å². The fourth-order valence-corrected chi connectivity index (χ4v) is 2.39. The summed E-state index contributed by atoms with van der Waals surface area (Å²) in [4.78, 5) is 10.8. The second kappa shape index (κ2) is 5.79. The van der Waals surface area contributed by atoms with Gasteiger partial charge in [0.1, 0.15) is 0 Å². The van der Waals surface area contributed by atoms with E-state index in [2.05, 4.69) is 27.4 Å². The van der Waals surface area contributed by atoms with Crippen LogP contribution in [-0.2, 0) is 6.54 Å². The van der Waals surface area contributed by atoms with E-state index in [-0.39, 0.29) is 0 Å². The number of nitrogens with one attached hydrogen (secondary N) is 1. The number of nitrogens with zero attached hydrogens (tertiary/aromatic N) is 3. The van der Waals surface area contributed by atoms with E-state index in [9.17, 15) is 0 Å². The Labute approximate surface area is 124 Å². The fraction of sp³-hybridized carbons (Fsp3) is 0.176. The summed E-state index contributed by atoms with van der Waals surface area (Å²) in [5.41, 5.74) is 3.29. The fourth-order valence-electron chi connectivity index (χ4n) is 2.39. The lowest BCUT2D eigenvalue weighted by atomic mass is 10.1. The van der Waals surface area contributed by atoms with Crippen LogP contribution >= 0.6 is 0 Å². The highest BCUT2D eigenvalue weighted by atomic mass is 15.2. The molecule has 3 aromatic rings. The number of aromatic nitrogens is 2. The molecule has 0 fully saturated rings. The molecule has 3 rings (SSSR count). The number of fused-ring (bicyclic) bond motifs is 1. The van der Waals surface area contributed by atoms with Gasteiger partial charge in [-0.25, -0.2) is 4.98 Å². The van der Waals surface area contributed by atoms with E-state index in [0.717, 1.165) is 23.6 Å². The lowest BCUT2D eigenvalue weighted by molar-refractivity contribution is 1.05. The van der Waals surface area contributed by atoms with Crippen LogP contribution in [0.25, 0.3) is 10.9 Å². The zero-order valence-corrected chi connectivity index (χ0v) is 12.2. The van der Waals surface area contributed by atoms with Crippen molar-refractivity contribution in [1.29, 1.82) is 0 Å². The minimum Gasteiger partial charge on any atom is -0.378 e. The normalized spacial score (nSPS) is 10.6. The third-order valence-corrected chi connectivity index (χ3v) is 3.42. The van der Waals surface area contributed by atoms with Crippen LogP contribution in [0.15, 0.2) is 54.9 Å². The van der Waals surface area contributed by atoms with Crippen molar-refractivity contribution < 1.29 is 0 Å². The van der Waals surface area contributed by atoms with Gasteiger partial charge in [-0.1, -0.05) is 18.2 Å². The average Bonchev–Trinajstić information content (AvgIpc) is 2.53. The molecule has 0 radical (unpaired) electrons. The molecule has 2 aromatic heterocycles. The van der Waals surface area contributed by atoms with Crippen LogP contribution in [0.2, 0.25) is 0 Å². The van der Waals surface area contributed by atoms with Crippen molar-refractivity contribution in [3.63, 3.8) is 0 Å². The molecule has 0 aliphatic rings. The molecule has 0 spiro atoms. The Bertz CT molecular complexity index is 747. The van der Waals surface area contributed by atoms with Crippen LogP contribution < -0.4 is 10.2 Å². The van der Waals surface area contributed by atoms with Gasteiger partial charge in [0.2, 0.25) is 0 Å². The number of hydrogen-bond donors (Lipinski definition) is 1. The molecule has 1 N–H and O–H groups in total. The van der Waals surface area contributed by atoms with Gasteiger partial charge in [0.25, 0.3) is 0 Å². The van der Waals surface area contributed by atoms with Crippen LogP contribution in [0.1, 0.15) is 5.56 Å². The van der Waals surface area contributed by atoms with Gasteiger partial charge in [-0.2, -0.15) is 0 Å². The standard InChI is InChI=1S/C17H18N4/c1-21(2)17-16(8-5-10-19-17)20-12-13-9-11-18-15-7-4-3-6-14(13)15/h3-11,20H,12H2,1-2H3. The monoisotopic (exact) mass is 278 g/mol. The molecule has 106 valence electrons. The maximum absolute atomic E-state index is 4.40. The summed E-state index contributed by atoms with van der Waals surface area (Å²) in [6.07, 6.45) is 3.66. The number of para-hydroxylation sites is 1. The Balaban J connectivity index is 1.87. The van der Waals surface area contributed by atoms with E-state index in [1.807, 2.05) is 61.7 Å². The molecule has 0 atom stereocenters. The molecule has 0 aliphatic carbocycles. The number of anilines is 2. The van der Waals surface area contributed by atoms with Crippen LogP contribution in [0.4, 0.5) is 11.5 Å². The van der Waals surface area contributed by atoms with Gasteiger partial charge < -0.3 is 10.2 Å². The first-order chi connectivity index (χ1) is 10.3. The van der Waals surface area contributed by atoms with Gasteiger partial charge in [-0.05, 0) is 29.8 Å². The molecule has 0 saturated heterocycles. The quantitative estimate of drug-likeness (QED) is 0.795. The highest BCUT2D eigenvalue weighted by Gasteiger charge is 2.06. The maximum atomic E-state index is 4.40. The Hall–Kier alpha value is -2.62. The molecular weight excluding hydrogens is 260 g/mol. The van der Waals surface area contributed by atoms with Gasteiger partial charge in [0.15, 0.2) is 5.82 Å². The first-order valence-electron chi connectivity index (χ1n) is 6.94. The molecular formula is C17H18N4. The molecule has 0 unspecified atom stereocenters. The van der Waals surface area contributed by atoms with Crippen LogP contribution in [-0.4, -0.2) is 24.1 Å². The third-order valence-electron chi connectivity index (χ3n) is 3.42. The molecule has 1 aromatic carbocycles. The number of benzene rings is 1. The molecule has 4 nitrogen and oxygen atoms in total. The largest absolute Gasteiger partial charge is 0.378 e. The molecule has 4 heteroatoms. The second-order valence-corrected chi connectivity index (χ2v) is 5.11. The summed E-state index contributed by atoms with van der Waals surface area (Å²) >= 11 is 0. The molecule has 0 amide bonds. The molecule has 0 bridgehead atoms. The topological polar surface area (TPSA) is 41.1 Å². The molecule has 0 saturated carbocycles. The van der Waals surface area contributed by atoms with Crippen molar-refractivity contribution in [2.24, 2.45) is 0 Å². The highest BCUT2D eigenvalue weighted by Crippen LogP contribution is 2.22. The number of pyridine rings is 2. The van der Waals surface area contributed by atoms with Gasteiger partial charge >= 0.3 is 0 Å². The molecule has 2 heterocycles. The van der Waals surface area contributed by atoms with Crippen molar-refractivity contribution in [2.75, 3.05) is 24.3 Å². The zero-order chi connectivity index (χ0) is 14.7. The van der Waals surface area contributed by atoms with E-state index in [4.69, 9.17) is 0 Å². The zero-order valence-electron chi connectivity index (χ0n) is 12.2. The van der Waals surface area contributed by atoms with Crippen molar-refractivity contribution in [3.05, 3.63) is 60.4 Å². The summed E-state index contributed by atoms with van der Waals surface area (Å²) in [6.45, 7) is 0.746. The van der Waals surface area contributed by atoms with Crippen molar-refractivity contribution in [2.45, 2.75) is 6.54 Å². The van der Waals surface area contributed by atoms with Crippen LogP contribution in [0.5, 0.6) is 0 Å². The number of hydrogen-bond acceptors (Lipinski definition) is 4. The van der Waals surface area contributed by atoms with Crippen LogP contribution in [0, 0.1) is 0 Å². The highest BCUT2D eigenvalue weighted by molar-refractivity contribution is 5.82. The van der Waals surface area contributed by atoms with E-state index in [0.29, 0.717) is 0 Å². The number of rotatable bonds is 4. The Kier molecular flexibility index (Phi) is 3.69. The Morgan fingerprint density at radius 3 is 2.67 bits per heavy atom. The Morgan fingerprint density at radius 2 is 1.81 bits per heavy atom. The van der Waals surface area contributed by atoms with Crippen molar-refractivity contribution in [3.8, 4) is 0 Å². The minimum atomic E-state index is 0.746. The SMILES string of the molecule is CN(C)c1ncccc1NCc1ccnc2ccccc12. The van der Waals surface area contributed by atoms with Gasteiger partial charge in [0.05, 0.1) is 11.2 Å². The summed E-state index contributed by atoms with van der Waals surface area (Å²) in [5.74, 6) is 0.941. The second-order valence-electron chi connectivity index (χ2n) is 5.11. The van der Waals surface area contributed by atoms with E-state index >= 15 is 0 Å². The van der Waals surface area contributed by atoms with Gasteiger partial charge in [-0.3, -0.25) is 4.98 Å². The summed E-state index contributed by atoms with van der Waals surface area (Å²) in [5, 5.41) is 4.65. The third kappa shape index (κ3) is 2.79. The van der Waals surface area contributed by atoms with E-state index < -0.39 is 0 Å². The van der Waals surface area contributed by atoms with Crippen LogP contribution in [0.3, 0.4) is 0 Å². The minimum absolute atomic E-state index is 0.746.